The van der Waals surface area contributed by atoms with Gasteiger partial charge in [-0.2, -0.15) is 0 Å². The number of Topliss-reactive ketones (excluding diaryl/α,β-unsaturated/α-hetero) is 1. The topological polar surface area (TPSA) is 88.2 Å². The number of nitrogens with zero attached hydrogens (tertiary/aromatic N) is 3. The van der Waals surface area contributed by atoms with E-state index in [4.69, 9.17) is 11.6 Å². The molecule has 6 nitrogen and oxygen atoms in total. The first-order chi connectivity index (χ1) is 14.2. The number of hydrogen-bond acceptors (Lipinski definition) is 5. The maximum Gasteiger partial charge on any atom is 0.205 e. The van der Waals surface area contributed by atoms with Crippen LogP contribution in [-0.2, 0) is 11.2 Å². The van der Waals surface area contributed by atoms with Crippen molar-refractivity contribution in [2.45, 2.75) is 38.7 Å². The zero-order valence-electron chi connectivity index (χ0n) is 16.8. The summed E-state index contributed by atoms with van der Waals surface area (Å²) in [6, 6.07) is 14.5. The van der Waals surface area contributed by atoms with Gasteiger partial charge in [0.15, 0.2) is 5.65 Å². The molecule has 0 unspecified atom stereocenters. The summed E-state index contributed by atoms with van der Waals surface area (Å²) in [5.74, 6) is 0.449. The van der Waals surface area contributed by atoms with Crippen LogP contribution in [0.15, 0.2) is 48.5 Å². The Labute approximate surface area is 178 Å². The van der Waals surface area contributed by atoms with Crippen LogP contribution < -0.4 is 0 Å². The van der Waals surface area contributed by atoms with Crippen LogP contribution >= 0.6 is 11.6 Å². The van der Waals surface area contributed by atoms with Gasteiger partial charge in [-0.05, 0) is 50.6 Å². The summed E-state index contributed by atoms with van der Waals surface area (Å²) in [5, 5.41) is 23.5. The monoisotopic (exact) mass is 423 g/mol. The van der Waals surface area contributed by atoms with Crippen LogP contribution in [0.2, 0.25) is 5.15 Å². The highest BCUT2D eigenvalue weighted by atomic mass is 35.5. The largest absolute Gasteiger partial charge is 0.494 e. The van der Waals surface area contributed by atoms with Crippen molar-refractivity contribution in [1.82, 2.24) is 14.5 Å². The summed E-state index contributed by atoms with van der Waals surface area (Å²) in [6.45, 7) is 3.36. The highest BCUT2D eigenvalue weighted by Crippen LogP contribution is 2.35. The number of halogens is 1. The van der Waals surface area contributed by atoms with E-state index in [1.54, 1.807) is 30.5 Å². The van der Waals surface area contributed by atoms with E-state index >= 15 is 0 Å². The molecule has 0 radical (unpaired) electrons. The molecule has 0 aliphatic carbocycles. The van der Waals surface area contributed by atoms with Gasteiger partial charge >= 0.3 is 0 Å². The lowest BCUT2D eigenvalue weighted by atomic mass is 9.99. The smallest absolute Gasteiger partial charge is 0.205 e. The van der Waals surface area contributed by atoms with Crippen molar-refractivity contribution in [2.24, 2.45) is 0 Å². The zero-order valence-corrected chi connectivity index (χ0v) is 17.5. The van der Waals surface area contributed by atoms with Gasteiger partial charge in [-0.25, -0.2) is 9.97 Å². The van der Waals surface area contributed by atoms with Crippen molar-refractivity contribution < 1.29 is 15.0 Å². The molecule has 154 valence electrons. The third-order valence-corrected chi connectivity index (χ3v) is 5.28. The fraction of sp³-hybridized carbons (Fsp3) is 0.261. The summed E-state index contributed by atoms with van der Waals surface area (Å²) in [6.07, 6.45) is 0.721. The van der Waals surface area contributed by atoms with Crippen LogP contribution in [0.5, 0.6) is 5.88 Å². The molecule has 0 saturated heterocycles. The first-order valence-corrected chi connectivity index (χ1v) is 10.1. The Hall–Kier alpha value is -2.96. The van der Waals surface area contributed by atoms with Gasteiger partial charge in [0.1, 0.15) is 16.8 Å². The average molecular weight is 424 g/mol. The van der Waals surface area contributed by atoms with Gasteiger partial charge in [0.2, 0.25) is 5.88 Å². The summed E-state index contributed by atoms with van der Waals surface area (Å²) in [5.41, 5.74) is 0.196. The summed E-state index contributed by atoms with van der Waals surface area (Å²) in [4.78, 5) is 21.5. The highest BCUT2D eigenvalue weighted by Gasteiger charge is 2.22. The van der Waals surface area contributed by atoms with Gasteiger partial charge in [0.25, 0.3) is 0 Å². The minimum absolute atomic E-state index is 0.0183. The Morgan fingerprint density at radius 1 is 1.07 bits per heavy atom. The molecule has 1 aromatic carbocycles. The lowest BCUT2D eigenvalue weighted by molar-refractivity contribution is -0.119. The predicted molar refractivity (Wildman–Crippen MR) is 117 cm³/mol. The zero-order chi connectivity index (χ0) is 21.5. The number of carbonyl (C=O) groups excluding carboxylic acids is 1. The fourth-order valence-electron chi connectivity index (χ4n) is 3.53. The van der Waals surface area contributed by atoms with E-state index in [2.05, 4.69) is 9.97 Å². The number of aromatic nitrogens is 3. The summed E-state index contributed by atoms with van der Waals surface area (Å²) >= 11 is 6.01. The minimum atomic E-state index is -0.910. The number of pyridine rings is 2. The third-order valence-electron chi connectivity index (χ3n) is 5.07. The third kappa shape index (κ3) is 4.01. The Bertz CT molecular complexity index is 1260. The van der Waals surface area contributed by atoms with E-state index in [1.807, 2.05) is 36.4 Å². The molecular weight excluding hydrogens is 402 g/mol. The molecule has 0 spiro atoms. The average Bonchev–Trinajstić information content (AvgIpc) is 2.97. The molecule has 0 aliphatic rings. The summed E-state index contributed by atoms with van der Waals surface area (Å²) < 4.78 is 1.59. The highest BCUT2D eigenvalue weighted by molar-refractivity contribution is 6.29. The Morgan fingerprint density at radius 3 is 2.50 bits per heavy atom. The molecule has 7 heteroatoms. The van der Waals surface area contributed by atoms with E-state index < -0.39 is 5.60 Å². The quantitative estimate of drug-likeness (QED) is 0.442. The molecule has 4 aromatic rings. The summed E-state index contributed by atoms with van der Waals surface area (Å²) in [7, 11) is 0. The van der Waals surface area contributed by atoms with Gasteiger partial charge in [-0.1, -0.05) is 29.8 Å². The number of aromatic hydroxyl groups is 1. The minimum Gasteiger partial charge on any atom is -0.494 e. The number of fused-ring (bicyclic) bond motifs is 2. The number of hydrogen-bond donors (Lipinski definition) is 2. The standard InChI is InChI=1S/C23H22ClN3O3/c1-23(2,30)12-11-15(28)13-18-16-5-3-4-6-17(16)22(29)27(18)20-10-8-14-7-9-19(24)25-21(14)26-20/h3-10,29-30H,11-13H2,1-2H3. The molecule has 0 amide bonds. The molecule has 30 heavy (non-hydrogen) atoms. The Kier molecular flexibility index (Phi) is 5.22. The lowest BCUT2D eigenvalue weighted by Crippen LogP contribution is -2.20. The number of benzene rings is 1. The van der Waals surface area contributed by atoms with E-state index in [9.17, 15) is 15.0 Å². The molecule has 4 rings (SSSR count). The van der Waals surface area contributed by atoms with E-state index in [0.717, 1.165) is 10.8 Å². The number of rotatable bonds is 6. The normalized spacial score (nSPS) is 12.0. The van der Waals surface area contributed by atoms with E-state index in [0.29, 0.717) is 34.1 Å². The molecule has 0 atom stereocenters. The second kappa shape index (κ2) is 7.70. The second-order valence-electron chi connectivity index (χ2n) is 8.03. The fourth-order valence-corrected chi connectivity index (χ4v) is 3.67. The van der Waals surface area contributed by atoms with Crippen LogP contribution in [0.3, 0.4) is 0 Å². The first kappa shape index (κ1) is 20.3. The van der Waals surface area contributed by atoms with E-state index in [1.165, 1.54) is 0 Å². The SMILES string of the molecule is CC(C)(O)CCC(=O)Cc1c2ccccc2c(O)n1-c1ccc2ccc(Cl)nc2n1. The number of aliphatic hydroxyl groups is 1. The van der Waals surface area contributed by atoms with Crippen LogP contribution in [0.4, 0.5) is 0 Å². The Balaban J connectivity index is 1.82. The molecule has 0 aliphatic heterocycles. The molecule has 0 saturated carbocycles. The maximum absolute atomic E-state index is 12.7. The molecule has 0 bridgehead atoms. The molecule has 0 fully saturated rings. The second-order valence-corrected chi connectivity index (χ2v) is 8.42. The van der Waals surface area contributed by atoms with Gasteiger partial charge in [0.05, 0.1) is 5.60 Å². The van der Waals surface area contributed by atoms with E-state index in [-0.39, 0.29) is 24.5 Å². The number of ketones is 1. The van der Waals surface area contributed by atoms with Crippen LogP contribution in [0.25, 0.3) is 27.6 Å². The van der Waals surface area contributed by atoms with Crippen LogP contribution in [0.1, 0.15) is 32.4 Å². The number of carbonyl (C=O) groups is 1. The molecule has 3 heterocycles. The van der Waals surface area contributed by atoms with Crippen molar-refractivity contribution >= 4 is 39.2 Å². The van der Waals surface area contributed by atoms with Crippen molar-refractivity contribution in [3.05, 3.63) is 59.4 Å². The molecule has 3 aromatic heterocycles. The molecule has 2 N–H and O–H groups in total. The van der Waals surface area contributed by atoms with Crippen molar-refractivity contribution in [3.63, 3.8) is 0 Å². The maximum atomic E-state index is 12.7. The Morgan fingerprint density at radius 2 is 1.77 bits per heavy atom. The predicted octanol–water partition coefficient (Wildman–Crippen LogP) is 4.60. The van der Waals surface area contributed by atoms with Crippen molar-refractivity contribution in [1.29, 1.82) is 0 Å². The van der Waals surface area contributed by atoms with Crippen molar-refractivity contribution in [3.8, 4) is 11.7 Å². The van der Waals surface area contributed by atoms with Crippen LogP contribution in [-0.4, -0.2) is 36.1 Å². The van der Waals surface area contributed by atoms with Crippen LogP contribution in [0, 0.1) is 0 Å². The van der Waals surface area contributed by atoms with Gasteiger partial charge in [-0.3, -0.25) is 9.36 Å². The van der Waals surface area contributed by atoms with Gasteiger partial charge in [-0.15, -0.1) is 0 Å². The lowest BCUT2D eigenvalue weighted by Gasteiger charge is -2.16. The molecular formula is C23H22ClN3O3. The van der Waals surface area contributed by atoms with Gasteiger partial charge in [0, 0.05) is 34.7 Å². The first-order valence-electron chi connectivity index (χ1n) is 9.72. The van der Waals surface area contributed by atoms with Gasteiger partial charge < -0.3 is 10.2 Å². The van der Waals surface area contributed by atoms with Crippen molar-refractivity contribution in [2.75, 3.05) is 0 Å².